The SMILES string of the molecule is COc1ccc(CC(=O)N(CCCN2CCCC2)C2CCOCC2)cc1. The van der Waals surface area contributed by atoms with Crippen LogP contribution < -0.4 is 4.74 Å². The molecule has 1 aromatic rings. The van der Waals surface area contributed by atoms with Gasteiger partial charge in [-0.3, -0.25) is 4.79 Å². The topological polar surface area (TPSA) is 42.0 Å². The molecule has 0 bridgehead atoms. The van der Waals surface area contributed by atoms with Crippen LogP contribution >= 0.6 is 0 Å². The van der Waals surface area contributed by atoms with Crippen LogP contribution in [0.25, 0.3) is 0 Å². The summed E-state index contributed by atoms with van der Waals surface area (Å²) in [6.07, 6.45) is 6.08. The minimum atomic E-state index is 0.239. The first-order valence-electron chi connectivity index (χ1n) is 9.99. The van der Waals surface area contributed by atoms with Gasteiger partial charge in [-0.05, 0) is 69.4 Å². The molecule has 5 heteroatoms. The Morgan fingerprint density at radius 3 is 2.54 bits per heavy atom. The number of benzene rings is 1. The van der Waals surface area contributed by atoms with Gasteiger partial charge in [-0.2, -0.15) is 0 Å². The molecule has 0 spiro atoms. The second-order valence-electron chi connectivity index (χ2n) is 7.36. The van der Waals surface area contributed by atoms with E-state index in [1.165, 1.54) is 25.9 Å². The highest BCUT2D eigenvalue weighted by Crippen LogP contribution is 2.18. The fourth-order valence-corrected chi connectivity index (χ4v) is 4.00. The first-order chi connectivity index (χ1) is 12.8. The van der Waals surface area contributed by atoms with E-state index in [0.29, 0.717) is 12.5 Å². The maximum Gasteiger partial charge on any atom is 0.227 e. The lowest BCUT2D eigenvalue weighted by atomic mass is 10.0. The van der Waals surface area contributed by atoms with E-state index in [1.54, 1.807) is 7.11 Å². The van der Waals surface area contributed by atoms with Gasteiger partial charge >= 0.3 is 0 Å². The van der Waals surface area contributed by atoms with Crippen molar-refractivity contribution in [3.05, 3.63) is 29.8 Å². The predicted octanol–water partition coefficient (Wildman–Crippen LogP) is 2.73. The van der Waals surface area contributed by atoms with Gasteiger partial charge in [-0.25, -0.2) is 0 Å². The number of amides is 1. The zero-order valence-corrected chi connectivity index (χ0v) is 16.0. The van der Waals surface area contributed by atoms with Gasteiger partial charge in [0.15, 0.2) is 0 Å². The third-order valence-corrected chi connectivity index (χ3v) is 5.54. The lowest BCUT2D eigenvalue weighted by Gasteiger charge is -2.35. The van der Waals surface area contributed by atoms with Crippen LogP contribution in [0.4, 0.5) is 0 Å². The molecule has 3 rings (SSSR count). The van der Waals surface area contributed by atoms with Crippen molar-refractivity contribution in [3.63, 3.8) is 0 Å². The van der Waals surface area contributed by atoms with E-state index in [1.807, 2.05) is 24.3 Å². The summed E-state index contributed by atoms with van der Waals surface area (Å²) in [7, 11) is 1.66. The van der Waals surface area contributed by atoms with Crippen LogP contribution in [0, 0.1) is 0 Å². The molecule has 2 heterocycles. The molecule has 144 valence electrons. The number of ether oxygens (including phenoxy) is 2. The Hall–Kier alpha value is -1.59. The Morgan fingerprint density at radius 2 is 1.88 bits per heavy atom. The lowest BCUT2D eigenvalue weighted by molar-refractivity contribution is -0.134. The van der Waals surface area contributed by atoms with Crippen molar-refractivity contribution in [2.24, 2.45) is 0 Å². The maximum absolute atomic E-state index is 13.0. The van der Waals surface area contributed by atoms with Gasteiger partial charge in [0.05, 0.1) is 13.5 Å². The summed E-state index contributed by atoms with van der Waals surface area (Å²) in [5.74, 6) is 1.07. The molecule has 5 nitrogen and oxygen atoms in total. The van der Waals surface area contributed by atoms with Crippen LogP contribution in [0.3, 0.4) is 0 Å². The lowest BCUT2D eigenvalue weighted by Crippen LogP contribution is -2.45. The van der Waals surface area contributed by atoms with Crippen molar-refractivity contribution in [2.75, 3.05) is 46.5 Å². The first kappa shape index (κ1) is 19.2. The highest BCUT2D eigenvalue weighted by atomic mass is 16.5. The van der Waals surface area contributed by atoms with Crippen LogP contribution in [0.15, 0.2) is 24.3 Å². The summed E-state index contributed by atoms with van der Waals surface area (Å²) in [6.45, 7) is 5.94. The minimum Gasteiger partial charge on any atom is -0.497 e. The van der Waals surface area contributed by atoms with Crippen molar-refractivity contribution in [1.29, 1.82) is 0 Å². The quantitative estimate of drug-likeness (QED) is 0.715. The average molecular weight is 360 g/mol. The molecule has 2 saturated heterocycles. The van der Waals surface area contributed by atoms with Crippen molar-refractivity contribution < 1.29 is 14.3 Å². The molecule has 0 aliphatic carbocycles. The zero-order valence-electron chi connectivity index (χ0n) is 16.0. The summed E-state index contributed by atoms with van der Waals surface area (Å²) >= 11 is 0. The molecule has 2 fully saturated rings. The Morgan fingerprint density at radius 1 is 1.19 bits per heavy atom. The van der Waals surface area contributed by atoms with Gasteiger partial charge in [0.1, 0.15) is 5.75 Å². The van der Waals surface area contributed by atoms with Crippen molar-refractivity contribution in [1.82, 2.24) is 9.80 Å². The Labute approximate surface area is 157 Å². The van der Waals surface area contributed by atoms with E-state index in [2.05, 4.69) is 9.80 Å². The molecule has 0 aromatic heterocycles. The largest absolute Gasteiger partial charge is 0.497 e. The third-order valence-electron chi connectivity index (χ3n) is 5.54. The van der Waals surface area contributed by atoms with E-state index >= 15 is 0 Å². The normalized spacial score (nSPS) is 18.8. The van der Waals surface area contributed by atoms with E-state index in [9.17, 15) is 4.79 Å². The van der Waals surface area contributed by atoms with Crippen LogP contribution in [0.5, 0.6) is 5.75 Å². The van der Waals surface area contributed by atoms with Gasteiger partial charge < -0.3 is 19.3 Å². The number of rotatable bonds is 8. The number of carbonyl (C=O) groups is 1. The molecule has 0 unspecified atom stereocenters. The summed E-state index contributed by atoms with van der Waals surface area (Å²) < 4.78 is 10.7. The Bertz CT molecular complexity index is 549. The van der Waals surface area contributed by atoms with E-state index in [4.69, 9.17) is 9.47 Å². The fraction of sp³-hybridized carbons (Fsp3) is 0.667. The fourth-order valence-electron chi connectivity index (χ4n) is 4.00. The standard InChI is InChI=1S/C21H32N2O3/c1-25-20-7-5-18(6-8-20)17-21(24)23(19-9-15-26-16-10-19)14-4-13-22-11-2-3-12-22/h5-8,19H,2-4,9-17H2,1H3. The van der Waals surface area contributed by atoms with Gasteiger partial charge in [0.2, 0.25) is 5.91 Å². The number of hydrogen-bond donors (Lipinski definition) is 0. The second kappa shape index (κ2) is 9.93. The highest BCUT2D eigenvalue weighted by molar-refractivity contribution is 5.79. The predicted molar refractivity (Wildman–Crippen MR) is 103 cm³/mol. The monoisotopic (exact) mass is 360 g/mol. The summed E-state index contributed by atoms with van der Waals surface area (Å²) in [5, 5.41) is 0. The van der Waals surface area contributed by atoms with Gasteiger partial charge in [-0.15, -0.1) is 0 Å². The van der Waals surface area contributed by atoms with Gasteiger partial charge in [0, 0.05) is 25.8 Å². The van der Waals surface area contributed by atoms with Crippen LogP contribution in [-0.4, -0.2) is 68.3 Å². The number of nitrogens with zero attached hydrogens (tertiary/aromatic N) is 2. The molecule has 2 aliphatic heterocycles. The van der Waals surface area contributed by atoms with Crippen molar-refractivity contribution in [3.8, 4) is 5.75 Å². The Balaban J connectivity index is 1.57. The maximum atomic E-state index is 13.0. The van der Waals surface area contributed by atoms with Crippen LogP contribution in [0.1, 0.15) is 37.7 Å². The molecule has 1 amide bonds. The third kappa shape index (κ3) is 5.45. The summed E-state index contributed by atoms with van der Waals surface area (Å²) in [5.41, 5.74) is 1.05. The van der Waals surface area contributed by atoms with Crippen LogP contribution in [-0.2, 0) is 16.0 Å². The number of carbonyl (C=O) groups excluding carboxylic acids is 1. The molecule has 26 heavy (non-hydrogen) atoms. The van der Waals surface area contributed by atoms with Gasteiger partial charge in [0.25, 0.3) is 0 Å². The molecule has 1 aromatic carbocycles. The van der Waals surface area contributed by atoms with Crippen molar-refractivity contribution >= 4 is 5.91 Å². The summed E-state index contributed by atoms with van der Waals surface area (Å²) in [4.78, 5) is 17.7. The van der Waals surface area contributed by atoms with Crippen molar-refractivity contribution in [2.45, 2.75) is 44.6 Å². The molecular weight excluding hydrogens is 328 g/mol. The van der Waals surface area contributed by atoms with Gasteiger partial charge in [-0.1, -0.05) is 12.1 Å². The molecule has 0 N–H and O–H groups in total. The number of likely N-dealkylation sites (tertiary alicyclic amines) is 1. The molecule has 0 atom stereocenters. The molecule has 2 aliphatic rings. The zero-order chi connectivity index (χ0) is 18.2. The van der Waals surface area contributed by atoms with E-state index in [-0.39, 0.29) is 5.91 Å². The summed E-state index contributed by atoms with van der Waals surface area (Å²) in [6, 6.07) is 8.16. The average Bonchev–Trinajstić information content (AvgIpc) is 3.20. The van der Waals surface area contributed by atoms with Crippen LogP contribution in [0.2, 0.25) is 0 Å². The minimum absolute atomic E-state index is 0.239. The Kier molecular flexibility index (Phi) is 7.32. The molecule has 0 saturated carbocycles. The molecule has 0 radical (unpaired) electrons. The number of hydrogen-bond acceptors (Lipinski definition) is 4. The first-order valence-corrected chi connectivity index (χ1v) is 9.99. The second-order valence-corrected chi connectivity index (χ2v) is 7.36. The molecular formula is C21H32N2O3. The number of methoxy groups -OCH3 is 1. The van der Waals surface area contributed by atoms with E-state index < -0.39 is 0 Å². The smallest absolute Gasteiger partial charge is 0.227 e. The highest BCUT2D eigenvalue weighted by Gasteiger charge is 2.25. The van der Waals surface area contributed by atoms with E-state index in [0.717, 1.165) is 56.9 Å².